The summed E-state index contributed by atoms with van der Waals surface area (Å²) < 4.78 is 0. The number of rotatable bonds is 6. The van der Waals surface area contributed by atoms with Crippen molar-refractivity contribution in [2.45, 2.75) is 57.5 Å². The lowest BCUT2D eigenvalue weighted by molar-refractivity contribution is -0.141. The summed E-state index contributed by atoms with van der Waals surface area (Å²) in [5, 5.41) is 15.3. The van der Waals surface area contributed by atoms with Gasteiger partial charge in [0.2, 0.25) is 23.6 Å². The first-order valence-corrected chi connectivity index (χ1v) is 10.1. The van der Waals surface area contributed by atoms with Gasteiger partial charge >= 0.3 is 0 Å². The first-order valence-electron chi connectivity index (χ1n) is 10.1. The topological polar surface area (TPSA) is 119 Å². The van der Waals surface area contributed by atoms with E-state index in [4.69, 9.17) is 0 Å². The average molecular weight is 416 g/mol. The Morgan fingerprint density at radius 1 is 1.23 bits per heavy atom. The van der Waals surface area contributed by atoms with Crippen molar-refractivity contribution >= 4 is 23.6 Å². The molecule has 2 aliphatic rings. The quantitative estimate of drug-likeness (QED) is 0.572. The molecule has 0 bridgehead atoms. The molecule has 0 aliphatic carbocycles. The molecule has 2 saturated heterocycles. The van der Waals surface area contributed by atoms with Gasteiger partial charge in [-0.3, -0.25) is 19.2 Å². The van der Waals surface area contributed by atoms with E-state index in [1.165, 1.54) is 18.7 Å². The van der Waals surface area contributed by atoms with Gasteiger partial charge in [0.25, 0.3) is 0 Å². The second-order valence-electron chi connectivity index (χ2n) is 7.91. The highest BCUT2D eigenvalue weighted by Gasteiger charge is 2.42. The molecule has 4 atom stereocenters. The van der Waals surface area contributed by atoms with E-state index in [1.54, 1.807) is 4.90 Å². The van der Waals surface area contributed by atoms with E-state index in [9.17, 15) is 24.3 Å². The molecule has 30 heavy (non-hydrogen) atoms. The number of β-amino-alcohol motifs (C(OH)–C–C–N with tert-alkyl or cyclic N) is 1. The molecule has 0 spiro atoms. The predicted octanol–water partition coefficient (Wildman–Crippen LogP) is -0.610. The van der Waals surface area contributed by atoms with Gasteiger partial charge in [0.05, 0.1) is 6.10 Å². The van der Waals surface area contributed by atoms with Crippen LogP contribution in [0.4, 0.5) is 0 Å². The van der Waals surface area contributed by atoms with Gasteiger partial charge in [-0.1, -0.05) is 30.3 Å². The third-order valence-corrected chi connectivity index (χ3v) is 5.49. The Balaban J connectivity index is 1.60. The molecule has 0 radical (unpaired) electrons. The van der Waals surface area contributed by atoms with E-state index in [0.29, 0.717) is 19.5 Å². The van der Waals surface area contributed by atoms with Crippen LogP contribution in [-0.2, 0) is 25.7 Å². The van der Waals surface area contributed by atoms with Crippen molar-refractivity contribution in [3.05, 3.63) is 35.9 Å². The number of aliphatic hydroxyl groups excluding tert-OH is 1. The molecular weight excluding hydrogens is 388 g/mol. The van der Waals surface area contributed by atoms with Crippen molar-refractivity contribution in [3.63, 3.8) is 0 Å². The molecule has 4 amide bonds. The normalized spacial score (nSPS) is 24.6. The van der Waals surface area contributed by atoms with Gasteiger partial charge in [-0.2, -0.15) is 0 Å². The first kappa shape index (κ1) is 21.8. The van der Waals surface area contributed by atoms with E-state index < -0.39 is 36.0 Å². The van der Waals surface area contributed by atoms with Crippen molar-refractivity contribution in [2.24, 2.45) is 0 Å². The summed E-state index contributed by atoms with van der Waals surface area (Å²) in [7, 11) is 0. The van der Waals surface area contributed by atoms with Gasteiger partial charge in [-0.05, 0) is 18.9 Å². The van der Waals surface area contributed by atoms with Crippen LogP contribution < -0.4 is 10.6 Å². The van der Waals surface area contributed by atoms with Crippen LogP contribution in [0.3, 0.4) is 0 Å². The molecule has 9 nitrogen and oxygen atoms in total. The molecule has 1 aromatic carbocycles. The fourth-order valence-corrected chi connectivity index (χ4v) is 4.02. The maximum absolute atomic E-state index is 12.8. The monoisotopic (exact) mass is 416 g/mol. The molecule has 2 unspecified atom stereocenters. The van der Waals surface area contributed by atoms with E-state index in [0.717, 1.165) is 5.56 Å². The third-order valence-electron chi connectivity index (χ3n) is 5.49. The second kappa shape index (κ2) is 9.25. The molecule has 2 heterocycles. The fourth-order valence-electron chi connectivity index (χ4n) is 4.02. The summed E-state index contributed by atoms with van der Waals surface area (Å²) >= 11 is 0. The molecule has 3 rings (SSSR count). The summed E-state index contributed by atoms with van der Waals surface area (Å²) in [4.78, 5) is 52.4. The number of hydrogen-bond donors (Lipinski definition) is 3. The molecular formula is C21H28N4O5. The van der Waals surface area contributed by atoms with E-state index in [2.05, 4.69) is 10.6 Å². The summed E-state index contributed by atoms with van der Waals surface area (Å²) in [6.07, 6.45) is -0.245. The Hall–Kier alpha value is -2.94. The smallest absolute Gasteiger partial charge is 0.245 e. The van der Waals surface area contributed by atoms with Gasteiger partial charge in [0, 0.05) is 33.0 Å². The van der Waals surface area contributed by atoms with Crippen LogP contribution in [0.25, 0.3) is 0 Å². The Morgan fingerprint density at radius 3 is 2.60 bits per heavy atom. The molecule has 2 aliphatic heterocycles. The summed E-state index contributed by atoms with van der Waals surface area (Å²) in [6, 6.07) is 7.29. The number of benzene rings is 1. The van der Waals surface area contributed by atoms with Crippen molar-refractivity contribution in [3.8, 4) is 0 Å². The van der Waals surface area contributed by atoms with Gasteiger partial charge in [0.1, 0.15) is 18.1 Å². The van der Waals surface area contributed by atoms with Crippen LogP contribution in [0.2, 0.25) is 0 Å². The third kappa shape index (κ3) is 4.96. The number of nitrogens with one attached hydrogen (secondary N) is 2. The second-order valence-corrected chi connectivity index (χ2v) is 7.91. The van der Waals surface area contributed by atoms with Crippen molar-refractivity contribution in [1.82, 2.24) is 20.4 Å². The molecule has 0 saturated carbocycles. The standard InChI is InChI=1S/C21H28N4O5/c1-13(22-14(2)26)20(29)25-12-16(27)10-18(25)19(28)23-17-8-9-24(21(17)30)11-15-6-4-3-5-7-15/h3-7,13,16-18,27H,8-12H2,1-2H3,(H,22,26)(H,23,28)/t13?,16-,17?,18+/m1/s1. The fraction of sp³-hybridized carbons (Fsp3) is 0.524. The molecule has 2 fully saturated rings. The Kier molecular flexibility index (Phi) is 6.71. The van der Waals surface area contributed by atoms with Gasteiger partial charge in [-0.15, -0.1) is 0 Å². The highest BCUT2D eigenvalue weighted by atomic mass is 16.3. The minimum absolute atomic E-state index is 0.0135. The van der Waals surface area contributed by atoms with E-state index in [-0.39, 0.29) is 24.8 Å². The van der Waals surface area contributed by atoms with Crippen LogP contribution in [0, 0.1) is 0 Å². The van der Waals surface area contributed by atoms with Crippen molar-refractivity contribution in [2.75, 3.05) is 13.1 Å². The zero-order valence-corrected chi connectivity index (χ0v) is 17.2. The summed E-state index contributed by atoms with van der Waals surface area (Å²) in [5.74, 6) is -1.41. The number of aliphatic hydroxyl groups is 1. The number of hydrogen-bond acceptors (Lipinski definition) is 5. The number of amides is 4. The van der Waals surface area contributed by atoms with Gasteiger partial charge in [0.15, 0.2) is 0 Å². The maximum Gasteiger partial charge on any atom is 0.245 e. The predicted molar refractivity (Wildman–Crippen MR) is 108 cm³/mol. The number of carbonyl (C=O) groups excluding carboxylic acids is 4. The Bertz CT molecular complexity index is 815. The van der Waals surface area contributed by atoms with E-state index in [1.807, 2.05) is 30.3 Å². The number of likely N-dealkylation sites (tertiary alicyclic amines) is 2. The van der Waals surface area contributed by atoms with Gasteiger partial charge < -0.3 is 25.5 Å². The maximum atomic E-state index is 12.8. The lowest BCUT2D eigenvalue weighted by atomic mass is 10.1. The molecule has 1 aromatic rings. The van der Waals surface area contributed by atoms with Gasteiger partial charge in [-0.25, -0.2) is 0 Å². The van der Waals surface area contributed by atoms with Crippen LogP contribution in [0.5, 0.6) is 0 Å². The highest BCUT2D eigenvalue weighted by molar-refractivity contribution is 5.95. The minimum atomic E-state index is -0.875. The zero-order valence-electron chi connectivity index (χ0n) is 17.2. The summed E-state index contributed by atoms with van der Waals surface area (Å²) in [6.45, 7) is 3.87. The first-order chi connectivity index (χ1) is 14.3. The molecule has 9 heteroatoms. The highest BCUT2D eigenvalue weighted by Crippen LogP contribution is 2.21. The Morgan fingerprint density at radius 2 is 1.93 bits per heavy atom. The van der Waals surface area contributed by atoms with Crippen molar-refractivity contribution in [1.29, 1.82) is 0 Å². The molecule has 0 aromatic heterocycles. The number of carbonyl (C=O) groups is 4. The number of nitrogens with zero attached hydrogens (tertiary/aromatic N) is 2. The van der Waals surface area contributed by atoms with Crippen LogP contribution in [-0.4, -0.2) is 75.9 Å². The van der Waals surface area contributed by atoms with Crippen LogP contribution in [0.1, 0.15) is 32.3 Å². The van der Waals surface area contributed by atoms with E-state index >= 15 is 0 Å². The molecule has 3 N–H and O–H groups in total. The average Bonchev–Trinajstić information content (AvgIpc) is 3.25. The van der Waals surface area contributed by atoms with Crippen LogP contribution in [0.15, 0.2) is 30.3 Å². The van der Waals surface area contributed by atoms with Crippen LogP contribution >= 0.6 is 0 Å². The summed E-state index contributed by atoms with van der Waals surface area (Å²) in [5.41, 5.74) is 1.01. The lowest BCUT2D eigenvalue weighted by Gasteiger charge is -2.27. The lowest BCUT2D eigenvalue weighted by Crippen LogP contribution is -2.54. The zero-order chi connectivity index (χ0) is 21.8. The molecule has 162 valence electrons. The minimum Gasteiger partial charge on any atom is -0.391 e. The largest absolute Gasteiger partial charge is 0.391 e. The Labute approximate surface area is 175 Å². The SMILES string of the molecule is CC(=O)NC(C)C(=O)N1C[C@H](O)C[C@H]1C(=O)NC1CCN(Cc2ccccc2)C1=O. The van der Waals surface area contributed by atoms with Crippen molar-refractivity contribution < 1.29 is 24.3 Å².